The largest absolute Gasteiger partial charge is 0.399 e. The molecule has 9 nitrogen and oxygen atoms in total. The fourth-order valence-electron chi connectivity index (χ4n) is 4.75. The van der Waals surface area contributed by atoms with Gasteiger partial charge in [0.1, 0.15) is 0 Å². The van der Waals surface area contributed by atoms with Crippen LogP contribution in [-0.4, -0.2) is 78.2 Å². The lowest BCUT2D eigenvalue weighted by Gasteiger charge is -2.56. The molecule has 3 aliphatic rings. The standard InChI is InChI=1S/C19H23N5O4/c1-11(25)23-6-7-24-14-5-4-13(20)8-12(14)9-19(15(24)10-23)16(26)21(2)18(28)22(3)17(19)27/h4-5,8,15H,6-7,9-10,20H2,1-3H3. The number of rotatable bonds is 0. The van der Waals surface area contributed by atoms with E-state index in [1.807, 2.05) is 11.0 Å². The van der Waals surface area contributed by atoms with Crippen molar-refractivity contribution in [3.8, 4) is 0 Å². The Morgan fingerprint density at radius 3 is 2.36 bits per heavy atom. The number of benzene rings is 1. The van der Waals surface area contributed by atoms with Crippen LogP contribution in [0.1, 0.15) is 12.5 Å². The quantitative estimate of drug-likeness (QED) is 0.494. The van der Waals surface area contributed by atoms with Gasteiger partial charge in [0.25, 0.3) is 0 Å². The molecule has 0 bridgehead atoms. The maximum atomic E-state index is 13.4. The lowest BCUT2D eigenvalue weighted by atomic mass is 9.67. The summed E-state index contributed by atoms with van der Waals surface area (Å²) in [6.45, 7) is 2.71. The van der Waals surface area contributed by atoms with E-state index >= 15 is 0 Å². The number of hydrogen-bond acceptors (Lipinski definition) is 6. The highest BCUT2D eigenvalue weighted by Crippen LogP contribution is 2.47. The summed E-state index contributed by atoms with van der Waals surface area (Å²) in [5, 5.41) is 0. The molecule has 3 heterocycles. The third kappa shape index (κ3) is 2.25. The molecule has 1 aromatic rings. The van der Waals surface area contributed by atoms with E-state index in [1.165, 1.54) is 21.0 Å². The number of nitrogen functional groups attached to an aromatic ring is 1. The summed E-state index contributed by atoms with van der Waals surface area (Å²) < 4.78 is 0. The van der Waals surface area contributed by atoms with Crippen LogP contribution in [0.15, 0.2) is 18.2 Å². The molecule has 0 aromatic heterocycles. The van der Waals surface area contributed by atoms with Gasteiger partial charge in [-0.3, -0.25) is 24.2 Å². The summed E-state index contributed by atoms with van der Waals surface area (Å²) in [5.41, 5.74) is 6.73. The number of carbonyl (C=O) groups excluding carboxylic acids is 4. The van der Waals surface area contributed by atoms with Crippen LogP contribution in [0, 0.1) is 5.41 Å². The predicted molar refractivity (Wildman–Crippen MR) is 101 cm³/mol. The molecule has 0 radical (unpaired) electrons. The Hall–Kier alpha value is -3.10. The third-order valence-corrected chi connectivity index (χ3v) is 6.22. The number of fused-ring (bicyclic) bond motifs is 4. The summed E-state index contributed by atoms with van der Waals surface area (Å²) in [5.74, 6) is -1.17. The van der Waals surface area contributed by atoms with E-state index in [0.717, 1.165) is 21.1 Å². The number of carbonyl (C=O) groups is 4. The van der Waals surface area contributed by atoms with E-state index in [9.17, 15) is 19.2 Å². The first-order chi connectivity index (χ1) is 13.2. The number of urea groups is 1. The Labute approximate surface area is 162 Å². The molecule has 0 aliphatic carbocycles. The summed E-state index contributed by atoms with van der Waals surface area (Å²) in [7, 11) is 2.78. The first-order valence-electron chi connectivity index (χ1n) is 9.19. The molecule has 1 aromatic carbocycles. The molecular weight excluding hydrogens is 362 g/mol. The van der Waals surface area contributed by atoms with Crippen molar-refractivity contribution in [2.75, 3.05) is 44.4 Å². The number of barbiturate groups is 1. The van der Waals surface area contributed by atoms with Gasteiger partial charge in [-0.15, -0.1) is 0 Å². The monoisotopic (exact) mass is 385 g/mol. The number of amides is 5. The zero-order chi connectivity index (χ0) is 20.4. The second-order valence-corrected chi connectivity index (χ2v) is 7.72. The molecule has 0 saturated carbocycles. The predicted octanol–water partition coefficient (Wildman–Crippen LogP) is -0.101. The number of imide groups is 2. The number of nitrogens with two attached hydrogens (primary N) is 1. The average molecular weight is 385 g/mol. The second kappa shape index (κ2) is 5.95. The van der Waals surface area contributed by atoms with Crippen molar-refractivity contribution in [3.05, 3.63) is 23.8 Å². The summed E-state index contributed by atoms with van der Waals surface area (Å²) in [6, 6.07) is 4.26. The van der Waals surface area contributed by atoms with E-state index in [2.05, 4.69) is 0 Å². The molecule has 1 atom stereocenters. The second-order valence-electron chi connectivity index (χ2n) is 7.72. The Balaban J connectivity index is 1.91. The Morgan fingerprint density at radius 2 is 1.75 bits per heavy atom. The van der Waals surface area contributed by atoms with Crippen LogP contribution in [0.2, 0.25) is 0 Å². The first-order valence-corrected chi connectivity index (χ1v) is 9.19. The molecule has 2 saturated heterocycles. The fraction of sp³-hybridized carbons (Fsp3) is 0.474. The minimum Gasteiger partial charge on any atom is -0.399 e. The molecule has 28 heavy (non-hydrogen) atoms. The zero-order valence-electron chi connectivity index (χ0n) is 16.1. The van der Waals surface area contributed by atoms with Crippen molar-refractivity contribution in [1.82, 2.24) is 14.7 Å². The van der Waals surface area contributed by atoms with Crippen LogP contribution >= 0.6 is 0 Å². The zero-order valence-corrected chi connectivity index (χ0v) is 16.1. The smallest absolute Gasteiger partial charge is 0.332 e. The SMILES string of the molecule is CC(=O)N1CCN2c3ccc(N)cc3CC3(C(=O)N(C)C(=O)N(C)C3=O)C2C1. The lowest BCUT2D eigenvalue weighted by Crippen LogP contribution is -2.74. The van der Waals surface area contributed by atoms with Crippen molar-refractivity contribution in [2.24, 2.45) is 5.41 Å². The van der Waals surface area contributed by atoms with Gasteiger partial charge in [0.05, 0.1) is 6.04 Å². The van der Waals surface area contributed by atoms with Crippen molar-refractivity contribution in [1.29, 1.82) is 0 Å². The summed E-state index contributed by atoms with van der Waals surface area (Å²) >= 11 is 0. The van der Waals surface area contributed by atoms with Gasteiger partial charge < -0.3 is 15.5 Å². The highest BCUT2D eigenvalue weighted by molar-refractivity contribution is 6.20. The van der Waals surface area contributed by atoms with Crippen molar-refractivity contribution < 1.29 is 19.2 Å². The van der Waals surface area contributed by atoms with E-state index in [0.29, 0.717) is 18.8 Å². The van der Waals surface area contributed by atoms with E-state index in [4.69, 9.17) is 5.73 Å². The number of hydrogen-bond donors (Lipinski definition) is 1. The molecule has 3 aliphatic heterocycles. The molecule has 148 valence electrons. The minimum atomic E-state index is -1.48. The number of nitrogens with zero attached hydrogens (tertiary/aromatic N) is 4. The molecule has 2 N–H and O–H groups in total. The maximum Gasteiger partial charge on any atom is 0.332 e. The summed E-state index contributed by atoms with van der Waals surface area (Å²) in [6.07, 6.45) is 0.139. The van der Waals surface area contributed by atoms with Gasteiger partial charge in [-0.1, -0.05) is 0 Å². The molecule has 9 heteroatoms. The Kier molecular flexibility index (Phi) is 3.88. The van der Waals surface area contributed by atoms with Crippen LogP contribution in [0.25, 0.3) is 0 Å². The number of anilines is 2. The minimum absolute atomic E-state index is 0.105. The Bertz CT molecular complexity index is 890. The molecule has 2 fully saturated rings. The molecule has 5 amide bonds. The topological polar surface area (TPSA) is 107 Å². The molecular formula is C19H23N5O4. The van der Waals surface area contributed by atoms with Crippen molar-refractivity contribution in [3.63, 3.8) is 0 Å². The maximum absolute atomic E-state index is 13.4. The van der Waals surface area contributed by atoms with E-state index in [1.54, 1.807) is 17.0 Å². The molecule has 1 unspecified atom stereocenters. The van der Waals surface area contributed by atoms with Gasteiger partial charge in [0.2, 0.25) is 17.7 Å². The lowest BCUT2D eigenvalue weighted by molar-refractivity contribution is -0.161. The van der Waals surface area contributed by atoms with Gasteiger partial charge in [-0.05, 0) is 30.2 Å². The van der Waals surface area contributed by atoms with Gasteiger partial charge in [0, 0.05) is 52.0 Å². The Morgan fingerprint density at radius 1 is 1.11 bits per heavy atom. The third-order valence-electron chi connectivity index (χ3n) is 6.22. The first kappa shape index (κ1) is 18.3. The van der Waals surface area contributed by atoms with Crippen LogP contribution in [0.4, 0.5) is 16.2 Å². The highest BCUT2D eigenvalue weighted by Gasteiger charge is 2.64. The number of piperazine rings is 1. The van der Waals surface area contributed by atoms with Gasteiger partial charge in [-0.25, -0.2) is 4.79 Å². The fourth-order valence-corrected chi connectivity index (χ4v) is 4.75. The van der Waals surface area contributed by atoms with Crippen LogP contribution in [0.5, 0.6) is 0 Å². The van der Waals surface area contributed by atoms with E-state index < -0.39 is 29.3 Å². The molecule has 1 spiro atoms. The molecule has 4 rings (SSSR count). The van der Waals surface area contributed by atoms with Crippen LogP contribution < -0.4 is 10.6 Å². The normalized spacial score (nSPS) is 23.8. The van der Waals surface area contributed by atoms with Gasteiger partial charge >= 0.3 is 6.03 Å². The van der Waals surface area contributed by atoms with Crippen molar-refractivity contribution in [2.45, 2.75) is 19.4 Å². The average Bonchev–Trinajstić information content (AvgIpc) is 2.68. The highest BCUT2D eigenvalue weighted by atomic mass is 16.2. The van der Waals surface area contributed by atoms with Crippen LogP contribution in [-0.2, 0) is 20.8 Å². The van der Waals surface area contributed by atoms with Crippen LogP contribution in [0.3, 0.4) is 0 Å². The van der Waals surface area contributed by atoms with Gasteiger partial charge in [0.15, 0.2) is 5.41 Å². The summed E-state index contributed by atoms with van der Waals surface area (Å²) in [4.78, 5) is 56.8. The van der Waals surface area contributed by atoms with Gasteiger partial charge in [-0.2, -0.15) is 0 Å². The van der Waals surface area contributed by atoms with Crippen molar-refractivity contribution >= 4 is 35.1 Å². The van der Waals surface area contributed by atoms with E-state index in [-0.39, 0.29) is 18.9 Å².